The summed E-state index contributed by atoms with van der Waals surface area (Å²) in [6.07, 6.45) is 2.15. The lowest BCUT2D eigenvalue weighted by molar-refractivity contribution is 0.0706. The van der Waals surface area contributed by atoms with E-state index in [0.717, 1.165) is 42.6 Å². The van der Waals surface area contributed by atoms with E-state index < -0.39 is 0 Å². The molecule has 0 unspecified atom stereocenters. The van der Waals surface area contributed by atoms with Gasteiger partial charge in [0, 0.05) is 24.6 Å². The van der Waals surface area contributed by atoms with Gasteiger partial charge in [0.25, 0.3) is 5.91 Å². The Labute approximate surface area is 152 Å². The van der Waals surface area contributed by atoms with Crippen LogP contribution in [-0.2, 0) is 0 Å². The molecule has 2 aromatic carbocycles. The van der Waals surface area contributed by atoms with Gasteiger partial charge in [-0.2, -0.15) is 0 Å². The van der Waals surface area contributed by atoms with Crippen molar-refractivity contribution < 1.29 is 4.79 Å². The van der Waals surface area contributed by atoms with Gasteiger partial charge in [0.2, 0.25) is 0 Å². The second-order valence-corrected chi connectivity index (χ2v) is 7.92. The van der Waals surface area contributed by atoms with Crippen LogP contribution in [-0.4, -0.2) is 28.9 Å². The number of carbonyl (C=O) groups is 1. The molecule has 1 aliphatic heterocycles. The van der Waals surface area contributed by atoms with E-state index in [4.69, 9.17) is 4.98 Å². The number of amides is 1. The number of para-hydroxylation sites is 1. The van der Waals surface area contributed by atoms with E-state index in [1.54, 1.807) is 11.3 Å². The summed E-state index contributed by atoms with van der Waals surface area (Å²) in [5.41, 5.74) is 4.17. The number of nitrogens with zero attached hydrogens (tertiary/aromatic N) is 2. The fourth-order valence-corrected chi connectivity index (χ4v) is 4.67. The Morgan fingerprint density at radius 1 is 1.16 bits per heavy atom. The summed E-state index contributed by atoms with van der Waals surface area (Å²) in [5, 5.41) is 1.17. The zero-order valence-corrected chi connectivity index (χ0v) is 15.5. The van der Waals surface area contributed by atoms with Crippen LogP contribution in [0.5, 0.6) is 0 Å². The molecule has 1 atom stereocenters. The van der Waals surface area contributed by atoms with E-state index in [0.29, 0.717) is 5.92 Å². The van der Waals surface area contributed by atoms with Gasteiger partial charge in [-0.1, -0.05) is 24.3 Å². The number of aryl methyl sites for hydroxylation is 1. The third kappa shape index (κ3) is 3.07. The zero-order valence-electron chi connectivity index (χ0n) is 14.7. The highest BCUT2D eigenvalue weighted by atomic mass is 32.1. The number of fused-ring (bicyclic) bond motifs is 1. The molecular weight excluding hydrogens is 328 g/mol. The van der Waals surface area contributed by atoms with Gasteiger partial charge >= 0.3 is 0 Å². The van der Waals surface area contributed by atoms with Crippen LogP contribution >= 0.6 is 11.3 Å². The van der Waals surface area contributed by atoms with Gasteiger partial charge in [-0.3, -0.25) is 4.79 Å². The third-order valence-corrected chi connectivity index (χ3v) is 6.40. The monoisotopic (exact) mass is 350 g/mol. The topological polar surface area (TPSA) is 33.2 Å². The summed E-state index contributed by atoms with van der Waals surface area (Å²) in [4.78, 5) is 19.9. The molecular formula is C21H22N2OS. The van der Waals surface area contributed by atoms with Crippen LogP contribution < -0.4 is 0 Å². The van der Waals surface area contributed by atoms with Crippen molar-refractivity contribution in [2.45, 2.75) is 32.6 Å². The van der Waals surface area contributed by atoms with Gasteiger partial charge in [0.1, 0.15) is 0 Å². The van der Waals surface area contributed by atoms with Crippen LogP contribution in [0.3, 0.4) is 0 Å². The van der Waals surface area contributed by atoms with E-state index in [-0.39, 0.29) is 5.91 Å². The summed E-state index contributed by atoms with van der Waals surface area (Å²) in [6.45, 7) is 5.71. The third-order valence-electron chi connectivity index (χ3n) is 5.20. The van der Waals surface area contributed by atoms with E-state index in [2.05, 4.69) is 31.2 Å². The molecule has 4 heteroatoms. The first-order valence-corrected chi connectivity index (χ1v) is 9.66. The van der Waals surface area contributed by atoms with Crippen molar-refractivity contribution in [3.05, 3.63) is 64.2 Å². The average Bonchev–Trinajstić information content (AvgIpc) is 3.08. The van der Waals surface area contributed by atoms with Crippen molar-refractivity contribution in [3.63, 3.8) is 0 Å². The van der Waals surface area contributed by atoms with Crippen LogP contribution in [0.25, 0.3) is 10.2 Å². The van der Waals surface area contributed by atoms with Crippen molar-refractivity contribution in [3.8, 4) is 0 Å². The summed E-state index contributed by atoms with van der Waals surface area (Å²) in [7, 11) is 0. The predicted molar refractivity (Wildman–Crippen MR) is 103 cm³/mol. The minimum Gasteiger partial charge on any atom is -0.338 e. The Balaban J connectivity index is 1.58. The molecule has 3 nitrogen and oxygen atoms in total. The molecule has 0 bridgehead atoms. The number of carbonyl (C=O) groups excluding carboxylic acids is 1. The summed E-state index contributed by atoms with van der Waals surface area (Å²) in [6, 6.07) is 14.3. The maximum absolute atomic E-state index is 13.0. The smallest absolute Gasteiger partial charge is 0.254 e. The Bertz CT molecular complexity index is 898. The quantitative estimate of drug-likeness (QED) is 0.656. The van der Waals surface area contributed by atoms with Gasteiger partial charge in [-0.15, -0.1) is 11.3 Å². The molecule has 0 aliphatic carbocycles. The van der Waals surface area contributed by atoms with Crippen molar-refractivity contribution in [2.24, 2.45) is 0 Å². The van der Waals surface area contributed by atoms with Gasteiger partial charge in [-0.25, -0.2) is 4.98 Å². The van der Waals surface area contributed by atoms with Crippen LogP contribution in [0.15, 0.2) is 42.5 Å². The molecule has 1 aromatic heterocycles. The Morgan fingerprint density at radius 3 is 2.84 bits per heavy atom. The number of rotatable bonds is 2. The number of hydrogen-bond acceptors (Lipinski definition) is 3. The SMILES string of the molecule is Cc1cccc(C(=O)N2CCC[C@@H](c3nc4ccccc4s3)C2)c1C. The minimum atomic E-state index is 0.159. The lowest BCUT2D eigenvalue weighted by Gasteiger charge is -2.32. The molecule has 2 heterocycles. The molecule has 1 aliphatic rings. The van der Waals surface area contributed by atoms with Crippen molar-refractivity contribution >= 4 is 27.5 Å². The van der Waals surface area contributed by atoms with Crippen molar-refractivity contribution in [1.29, 1.82) is 0 Å². The molecule has 0 N–H and O–H groups in total. The highest BCUT2D eigenvalue weighted by Crippen LogP contribution is 2.33. The molecule has 4 rings (SSSR count). The molecule has 0 radical (unpaired) electrons. The summed E-state index contributed by atoms with van der Waals surface area (Å²) >= 11 is 1.77. The second-order valence-electron chi connectivity index (χ2n) is 6.86. The number of thiazole rings is 1. The first kappa shape index (κ1) is 16.3. The van der Waals surface area contributed by atoms with E-state index in [1.165, 1.54) is 15.3 Å². The van der Waals surface area contributed by atoms with Crippen LogP contribution in [0.4, 0.5) is 0 Å². The lowest BCUT2D eigenvalue weighted by Crippen LogP contribution is -2.39. The maximum Gasteiger partial charge on any atom is 0.254 e. The van der Waals surface area contributed by atoms with Gasteiger partial charge in [0.05, 0.1) is 15.2 Å². The van der Waals surface area contributed by atoms with Crippen LogP contribution in [0.1, 0.15) is 45.3 Å². The van der Waals surface area contributed by atoms with E-state index in [9.17, 15) is 4.79 Å². The standard InChI is InChI=1S/C21H22N2OS/c1-14-7-5-9-17(15(14)2)21(24)23-12-6-8-16(13-23)20-22-18-10-3-4-11-19(18)25-20/h3-5,7,9-11,16H,6,8,12-13H2,1-2H3/t16-/m1/s1. The fourth-order valence-electron chi connectivity index (χ4n) is 3.58. The summed E-state index contributed by atoms with van der Waals surface area (Å²) in [5.74, 6) is 0.507. The molecule has 128 valence electrons. The van der Waals surface area contributed by atoms with Gasteiger partial charge < -0.3 is 4.90 Å². The van der Waals surface area contributed by atoms with Crippen molar-refractivity contribution in [1.82, 2.24) is 9.88 Å². The van der Waals surface area contributed by atoms with Crippen LogP contribution in [0.2, 0.25) is 0 Å². The summed E-state index contributed by atoms with van der Waals surface area (Å²) < 4.78 is 1.23. The normalized spacial score (nSPS) is 17.8. The highest BCUT2D eigenvalue weighted by Gasteiger charge is 2.28. The number of likely N-dealkylation sites (tertiary alicyclic amines) is 1. The Morgan fingerprint density at radius 2 is 2.00 bits per heavy atom. The molecule has 1 amide bonds. The van der Waals surface area contributed by atoms with Gasteiger partial charge in [0.15, 0.2) is 0 Å². The number of aromatic nitrogens is 1. The molecule has 1 saturated heterocycles. The minimum absolute atomic E-state index is 0.159. The molecule has 3 aromatic rings. The molecule has 0 spiro atoms. The van der Waals surface area contributed by atoms with E-state index >= 15 is 0 Å². The van der Waals surface area contributed by atoms with Gasteiger partial charge in [-0.05, 0) is 56.0 Å². The average molecular weight is 350 g/mol. The maximum atomic E-state index is 13.0. The largest absolute Gasteiger partial charge is 0.338 e. The zero-order chi connectivity index (χ0) is 17.4. The predicted octanol–water partition coefficient (Wildman–Crippen LogP) is 4.93. The number of benzene rings is 2. The Kier molecular flexibility index (Phi) is 4.30. The molecule has 25 heavy (non-hydrogen) atoms. The Hall–Kier alpha value is -2.20. The van der Waals surface area contributed by atoms with Crippen molar-refractivity contribution in [2.75, 3.05) is 13.1 Å². The second kappa shape index (κ2) is 6.60. The number of hydrogen-bond donors (Lipinski definition) is 0. The fraction of sp³-hybridized carbons (Fsp3) is 0.333. The lowest BCUT2D eigenvalue weighted by atomic mass is 9.96. The highest BCUT2D eigenvalue weighted by molar-refractivity contribution is 7.18. The van der Waals surface area contributed by atoms with E-state index in [1.807, 2.05) is 30.0 Å². The first-order valence-electron chi connectivity index (χ1n) is 8.84. The molecule has 0 saturated carbocycles. The number of piperidine rings is 1. The first-order chi connectivity index (χ1) is 12.1. The van der Waals surface area contributed by atoms with Crippen LogP contribution in [0, 0.1) is 13.8 Å². The molecule has 1 fully saturated rings.